The van der Waals surface area contributed by atoms with E-state index in [0.29, 0.717) is 6.42 Å². The predicted octanol–water partition coefficient (Wildman–Crippen LogP) is 3.62. The maximum absolute atomic E-state index is 11.6. The molecule has 0 radical (unpaired) electrons. The Morgan fingerprint density at radius 1 is 1.35 bits per heavy atom. The molecule has 0 saturated carbocycles. The van der Waals surface area contributed by atoms with Crippen molar-refractivity contribution in [1.29, 1.82) is 0 Å². The largest absolute Gasteiger partial charge is 0.481 e. The molecule has 1 unspecified atom stereocenters. The van der Waals surface area contributed by atoms with Gasteiger partial charge < -0.3 is 9.67 Å². The zero-order valence-corrected chi connectivity index (χ0v) is 11.7. The number of carbonyl (C=O) groups is 1. The Bertz CT molecular complexity index is 549. The number of imidazole rings is 1. The second kappa shape index (κ2) is 6.89. The maximum Gasteiger partial charge on any atom is 0.311 e. The van der Waals surface area contributed by atoms with E-state index >= 15 is 0 Å². The lowest BCUT2D eigenvalue weighted by Gasteiger charge is -2.17. The average molecular weight is 272 g/mol. The molecule has 0 aliphatic carbocycles. The topological polar surface area (TPSA) is 55.1 Å². The van der Waals surface area contributed by atoms with Crippen LogP contribution in [0, 0.1) is 0 Å². The molecule has 4 heteroatoms. The van der Waals surface area contributed by atoms with Crippen LogP contribution >= 0.6 is 0 Å². The normalized spacial score (nSPS) is 12.2. The summed E-state index contributed by atoms with van der Waals surface area (Å²) in [5.74, 6) is -1.21. The number of carboxylic acid groups (broad SMARTS) is 1. The van der Waals surface area contributed by atoms with Crippen LogP contribution in [-0.2, 0) is 4.79 Å². The van der Waals surface area contributed by atoms with Gasteiger partial charge in [-0.2, -0.15) is 0 Å². The van der Waals surface area contributed by atoms with Crippen LogP contribution in [0.4, 0.5) is 0 Å². The number of benzene rings is 1. The Kier molecular flexibility index (Phi) is 4.93. The van der Waals surface area contributed by atoms with E-state index in [4.69, 9.17) is 0 Å². The monoisotopic (exact) mass is 272 g/mol. The highest BCUT2D eigenvalue weighted by Gasteiger charge is 2.22. The number of nitrogens with zero attached hydrogens (tertiary/aromatic N) is 2. The van der Waals surface area contributed by atoms with Crippen molar-refractivity contribution in [1.82, 2.24) is 9.55 Å². The van der Waals surface area contributed by atoms with Crippen molar-refractivity contribution in [3.8, 4) is 5.69 Å². The van der Waals surface area contributed by atoms with Gasteiger partial charge >= 0.3 is 5.97 Å². The molecule has 106 valence electrons. The fourth-order valence-corrected chi connectivity index (χ4v) is 2.43. The fraction of sp³-hybridized carbons (Fsp3) is 0.375. The summed E-state index contributed by atoms with van der Waals surface area (Å²) in [6, 6.07) is 7.65. The third kappa shape index (κ3) is 3.26. The Labute approximate surface area is 119 Å². The molecule has 0 fully saturated rings. The van der Waals surface area contributed by atoms with Crippen molar-refractivity contribution in [2.45, 2.75) is 38.5 Å². The Morgan fingerprint density at radius 3 is 2.80 bits per heavy atom. The summed E-state index contributed by atoms with van der Waals surface area (Å²) in [4.78, 5) is 15.6. The van der Waals surface area contributed by atoms with Gasteiger partial charge in [-0.1, -0.05) is 44.4 Å². The molecule has 20 heavy (non-hydrogen) atoms. The van der Waals surface area contributed by atoms with Crippen LogP contribution in [0.25, 0.3) is 5.69 Å². The van der Waals surface area contributed by atoms with Crippen molar-refractivity contribution in [2.24, 2.45) is 0 Å². The Morgan fingerprint density at radius 2 is 2.15 bits per heavy atom. The van der Waals surface area contributed by atoms with E-state index < -0.39 is 11.9 Å². The average Bonchev–Trinajstić information content (AvgIpc) is 2.97. The van der Waals surface area contributed by atoms with Crippen LogP contribution in [0.2, 0.25) is 0 Å². The summed E-state index contributed by atoms with van der Waals surface area (Å²) < 4.78 is 1.87. The minimum atomic E-state index is -0.756. The van der Waals surface area contributed by atoms with E-state index in [-0.39, 0.29) is 0 Å². The Hall–Kier alpha value is -2.10. The fourth-order valence-electron chi connectivity index (χ4n) is 2.43. The summed E-state index contributed by atoms with van der Waals surface area (Å²) >= 11 is 0. The Balaban J connectivity index is 2.31. The van der Waals surface area contributed by atoms with Crippen LogP contribution in [0.5, 0.6) is 0 Å². The molecule has 0 bridgehead atoms. The number of aromatic nitrogens is 2. The van der Waals surface area contributed by atoms with Crippen LogP contribution in [0.3, 0.4) is 0 Å². The first-order valence-corrected chi connectivity index (χ1v) is 7.04. The van der Waals surface area contributed by atoms with Crippen molar-refractivity contribution in [3.05, 3.63) is 48.5 Å². The molecule has 1 N–H and O–H groups in total. The molecule has 1 atom stereocenters. The lowest BCUT2D eigenvalue weighted by molar-refractivity contribution is -0.139. The highest BCUT2D eigenvalue weighted by molar-refractivity contribution is 5.77. The van der Waals surface area contributed by atoms with E-state index in [9.17, 15) is 9.90 Å². The lowest BCUT2D eigenvalue weighted by atomic mass is 9.92. The molecule has 0 aliphatic heterocycles. The van der Waals surface area contributed by atoms with Crippen LogP contribution < -0.4 is 0 Å². The molecular weight excluding hydrogens is 252 g/mol. The summed E-state index contributed by atoms with van der Waals surface area (Å²) in [6.45, 7) is 2.12. The number of aliphatic carboxylic acids is 1. The van der Waals surface area contributed by atoms with Gasteiger partial charge in [0.15, 0.2) is 0 Å². The third-order valence-electron chi connectivity index (χ3n) is 3.49. The second-order valence-electron chi connectivity index (χ2n) is 4.92. The molecule has 1 aromatic carbocycles. The molecule has 0 amide bonds. The minimum Gasteiger partial charge on any atom is -0.481 e. The minimum absolute atomic E-state index is 0.458. The second-order valence-corrected chi connectivity index (χ2v) is 4.92. The number of hydrogen-bond acceptors (Lipinski definition) is 2. The number of rotatable bonds is 7. The molecule has 0 aliphatic rings. The van der Waals surface area contributed by atoms with Gasteiger partial charge in [0.25, 0.3) is 0 Å². The van der Waals surface area contributed by atoms with Crippen molar-refractivity contribution < 1.29 is 9.90 Å². The quantitative estimate of drug-likeness (QED) is 0.783. The predicted molar refractivity (Wildman–Crippen MR) is 78.1 cm³/mol. The van der Waals surface area contributed by atoms with Gasteiger partial charge in [-0.3, -0.25) is 4.79 Å². The lowest BCUT2D eigenvalue weighted by Crippen LogP contribution is -2.14. The third-order valence-corrected chi connectivity index (χ3v) is 3.49. The van der Waals surface area contributed by atoms with Crippen molar-refractivity contribution in [3.63, 3.8) is 0 Å². The highest BCUT2D eigenvalue weighted by atomic mass is 16.4. The standard InChI is InChI=1S/C16H20N2O2/c1-2-3-4-8-14(16(19)20)13-7-5-6-9-15(13)18-11-10-17-12-18/h5-7,9-12,14H,2-4,8H2,1H3,(H,19,20). The molecule has 0 spiro atoms. The van der Waals surface area contributed by atoms with Crippen molar-refractivity contribution in [2.75, 3.05) is 0 Å². The zero-order valence-electron chi connectivity index (χ0n) is 11.7. The van der Waals surface area contributed by atoms with E-state index in [1.807, 2.05) is 35.0 Å². The van der Waals surface area contributed by atoms with E-state index in [0.717, 1.165) is 30.5 Å². The maximum atomic E-state index is 11.6. The summed E-state index contributed by atoms with van der Waals surface area (Å²) in [5, 5.41) is 9.52. The number of unbranched alkanes of at least 4 members (excludes halogenated alkanes) is 2. The van der Waals surface area contributed by atoms with Crippen LogP contribution in [-0.4, -0.2) is 20.6 Å². The van der Waals surface area contributed by atoms with E-state index in [2.05, 4.69) is 11.9 Å². The van der Waals surface area contributed by atoms with Gasteiger partial charge in [0.1, 0.15) is 0 Å². The van der Waals surface area contributed by atoms with Crippen LogP contribution in [0.1, 0.15) is 44.1 Å². The van der Waals surface area contributed by atoms with Gasteiger partial charge in [0.05, 0.1) is 17.9 Å². The van der Waals surface area contributed by atoms with Gasteiger partial charge in [0, 0.05) is 12.4 Å². The highest BCUT2D eigenvalue weighted by Crippen LogP contribution is 2.28. The first kappa shape index (κ1) is 14.3. The summed E-state index contributed by atoms with van der Waals surface area (Å²) in [7, 11) is 0. The number of hydrogen-bond donors (Lipinski definition) is 1. The molecule has 1 heterocycles. The number of para-hydroxylation sites is 1. The van der Waals surface area contributed by atoms with Crippen LogP contribution in [0.15, 0.2) is 43.0 Å². The first-order chi connectivity index (χ1) is 9.74. The summed E-state index contributed by atoms with van der Waals surface area (Å²) in [6.07, 6.45) is 9.00. The van der Waals surface area contributed by atoms with E-state index in [1.165, 1.54) is 0 Å². The molecule has 1 aromatic heterocycles. The van der Waals surface area contributed by atoms with Gasteiger partial charge in [-0.25, -0.2) is 4.98 Å². The molecular formula is C16H20N2O2. The molecule has 2 aromatic rings. The molecule has 2 rings (SSSR count). The zero-order chi connectivity index (χ0) is 14.4. The van der Waals surface area contributed by atoms with Crippen molar-refractivity contribution >= 4 is 5.97 Å². The smallest absolute Gasteiger partial charge is 0.311 e. The van der Waals surface area contributed by atoms with E-state index in [1.54, 1.807) is 12.5 Å². The van der Waals surface area contributed by atoms with Gasteiger partial charge in [-0.15, -0.1) is 0 Å². The first-order valence-electron chi connectivity index (χ1n) is 7.04. The summed E-state index contributed by atoms with van der Waals surface area (Å²) in [5.41, 5.74) is 1.75. The van der Waals surface area contributed by atoms with Gasteiger partial charge in [0.2, 0.25) is 0 Å². The number of carboxylic acids is 1. The van der Waals surface area contributed by atoms with Gasteiger partial charge in [-0.05, 0) is 18.1 Å². The molecule has 0 saturated heterocycles. The SMILES string of the molecule is CCCCCC(C(=O)O)c1ccccc1-n1ccnc1. The molecule has 4 nitrogen and oxygen atoms in total.